The van der Waals surface area contributed by atoms with Crippen LogP contribution >= 0.6 is 0 Å². The highest BCUT2D eigenvalue weighted by molar-refractivity contribution is 7.89. The Morgan fingerprint density at radius 1 is 1.25 bits per heavy atom. The van der Waals surface area contributed by atoms with Crippen LogP contribution < -0.4 is 4.72 Å². The Balaban J connectivity index is 2.28. The monoisotopic (exact) mass is 297 g/mol. The second-order valence-electron chi connectivity index (χ2n) is 5.47. The maximum absolute atomic E-state index is 12.3. The van der Waals surface area contributed by atoms with Crippen molar-refractivity contribution >= 4 is 16.0 Å². The van der Waals surface area contributed by atoms with Gasteiger partial charge in [0.1, 0.15) is 6.04 Å². The van der Waals surface area contributed by atoms with Crippen LogP contribution in [0, 0.1) is 5.92 Å². The number of hydrogen-bond acceptors (Lipinski definition) is 3. The molecule has 0 aliphatic heterocycles. The van der Waals surface area contributed by atoms with Crippen LogP contribution in [0.3, 0.4) is 0 Å². The van der Waals surface area contributed by atoms with Crippen LogP contribution in [0.5, 0.6) is 0 Å². The molecule has 1 aromatic rings. The minimum atomic E-state index is -3.80. The number of fused-ring (bicyclic) bond motifs is 1. The van der Waals surface area contributed by atoms with E-state index >= 15 is 0 Å². The quantitative estimate of drug-likeness (QED) is 0.864. The molecule has 6 heteroatoms. The molecule has 0 aromatic heterocycles. The summed E-state index contributed by atoms with van der Waals surface area (Å²) in [4.78, 5) is 11.3. The van der Waals surface area contributed by atoms with Crippen molar-refractivity contribution in [2.75, 3.05) is 0 Å². The molecule has 20 heavy (non-hydrogen) atoms. The van der Waals surface area contributed by atoms with E-state index < -0.39 is 22.0 Å². The largest absolute Gasteiger partial charge is 0.480 e. The van der Waals surface area contributed by atoms with E-state index in [9.17, 15) is 13.2 Å². The summed E-state index contributed by atoms with van der Waals surface area (Å²) in [7, 11) is -3.80. The van der Waals surface area contributed by atoms with Crippen molar-refractivity contribution in [1.29, 1.82) is 0 Å². The number of carbonyl (C=O) groups is 1. The summed E-state index contributed by atoms with van der Waals surface area (Å²) in [5.74, 6) is -1.48. The van der Waals surface area contributed by atoms with E-state index in [4.69, 9.17) is 5.11 Å². The first-order chi connectivity index (χ1) is 9.31. The van der Waals surface area contributed by atoms with Gasteiger partial charge in [-0.2, -0.15) is 4.72 Å². The number of benzene rings is 1. The molecule has 1 atom stereocenters. The van der Waals surface area contributed by atoms with Gasteiger partial charge in [0.15, 0.2) is 0 Å². The van der Waals surface area contributed by atoms with Gasteiger partial charge in [-0.05, 0) is 48.4 Å². The number of nitrogens with one attached hydrogen (secondary N) is 1. The lowest BCUT2D eigenvalue weighted by Gasteiger charge is -2.18. The fourth-order valence-corrected chi connectivity index (χ4v) is 3.81. The Morgan fingerprint density at radius 2 is 1.90 bits per heavy atom. The van der Waals surface area contributed by atoms with Crippen molar-refractivity contribution in [2.45, 2.75) is 44.0 Å². The van der Waals surface area contributed by atoms with Crippen LogP contribution in [0.2, 0.25) is 0 Å². The van der Waals surface area contributed by atoms with E-state index in [1.807, 2.05) is 6.07 Å². The van der Waals surface area contributed by atoms with Gasteiger partial charge in [0, 0.05) is 0 Å². The zero-order chi connectivity index (χ0) is 14.9. The minimum Gasteiger partial charge on any atom is -0.480 e. The minimum absolute atomic E-state index is 0.144. The predicted octanol–water partition coefficient (Wildman–Crippen LogP) is 1.56. The molecule has 1 aliphatic carbocycles. The van der Waals surface area contributed by atoms with Crippen LogP contribution in [-0.2, 0) is 27.7 Å². The summed E-state index contributed by atoms with van der Waals surface area (Å²) in [5, 5.41) is 9.08. The van der Waals surface area contributed by atoms with Crippen LogP contribution in [0.15, 0.2) is 23.1 Å². The summed E-state index contributed by atoms with van der Waals surface area (Å²) in [6.07, 6.45) is 2.90. The molecule has 0 saturated heterocycles. The molecule has 1 aromatic carbocycles. The smallest absolute Gasteiger partial charge is 0.322 e. The predicted molar refractivity (Wildman–Crippen MR) is 75.1 cm³/mol. The highest BCUT2D eigenvalue weighted by Crippen LogP contribution is 2.25. The second-order valence-corrected chi connectivity index (χ2v) is 7.18. The summed E-state index contributed by atoms with van der Waals surface area (Å²) in [5.41, 5.74) is 2.23. The van der Waals surface area contributed by atoms with Gasteiger partial charge in [-0.1, -0.05) is 19.9 Å². The molecular formula is C14H19NO4S. The lowest BCUT2D eigenvalue weighted by molar-refractivity contribution is -0.140. The highest BCUT2D eigenvalue weighted by atomic mass is 32.2. The SMILES string of the molecule is CC(C)C(NS(=O)(=O)c1ccc2c(c1)CCC2)C(=O)O. The molecule has 1 aliphatic rings. The van der Waals surface area contributed by atoms with Crippen molar-refractivity contribution in [1.82, 2.24) is 4.72 Å². The van der Waals surface area contributed by atoms with E-state index in [1.165, 1.54) is 5.56 Å². The van der Waals surface area contributed by atoms with Gasteiger partial charge in [0.2, 0.25) is 10.0 Å². The summed E-state index contributed by atoms with van der Waals surface area (Å²) in [6, 6.07) is 3.91. The number of rotatable bonds is 5. The average molecular weight is 297 g/mol. The van der Waals surface area contributed by atoms with Gasteiger partial charge in [0.25, 0.3) is 0 Å². The molecule has 1 unspecified atom stereocenters. The van der Waals surface area contributed by atoms with Crippen LogP contribution in [-0.4, -0.2) is 25.5 Å². The normalized spacial score (nSPS) is 16.1. The van der Waals surface area contributed by atoms with Gasteiger partial charge >= 0.3 is 5.97 Å². The first-order valence-electron chi connectivity index (χ1n) is 6.68. The lowest BCUT2D eigenvalue weighted by atomic mass is 10.1. The lowest BCUT2D eigenvalue weighted by Crippen LogP contribution is -2.44. The maximum atomic E-state index is 12.3. The van der Waals surface area contributed by atoms with Crippen molar-refractivity contribution in [3.05, 3.63) is 29.3 Å². The number of carboxylic acids is 1. The third kappa shape index (κ3) is 3.02. The van der Waals surface area contributed by atoms with Crippen molar-refractivity contribution < 1.29 is 18.3 Å². The molecule has 0 spiro atoms. The Kier molecular flexibility index (Phi) is 4.15. The molecule has 2 N–H and O–H groups in total. The van der Waals surface area contributed by atoms with E-state index in [-0.39, 0.29) is 10.8 Å². The fourth-order valence-electron chi connectivity index (χ4n) is 2.42. The van der Waals surface area contributed by atoms with E-state index in [0.29, 0.717) is 0 Å². The maximum Gasteiger partial charge on any atom is 0.322 e. The van der Waals surface area contributed by atoms with Crippen LogP contribution in [0.25, 0.3) is 0 Å². The Labute approximate surface area is 119 Å². The summed E-state index contributed by atoms with van der Waals surface area (Å²) >= 11 is 0. The molecule has 5 nitrogen and oxygen atoms in total. The molecule has 0 bridgehead atoms. The van der Waals surface area contributed by atoms with Gasteiger partial charge < -0.3 is 5.11 Å². The zero-order valence-corrected chi connectivity index (χ0v) is 12.4. The highest BCUT2D eigenvalue weighted by Gasteiger charge is 2.28. The molecule has 0 radical (unpaired) electrons. The van der Waals surface area contributed by atoms with Crippen molar-refractivity contribution in [2.24, 2.45) is 5.92 Å². The third-order valence-corrected chi connectivity index (χ3v) is 5.03. The van der Waals surface area contributed by atoms with Crippen LogP contribution in [0.4, 0.5) is 0 Å². The fraction of sp³-hybridized carbons (Fsp3) is 0.500. The van der Waals surface area contributed by atoms with E-state index in [1.54, 1.807) is 26.0 Å². The number of aryl methyl sites for hydroxylation is 2. The number of hydrogen-bond donors (Lipinski definition) is 2. The van der Waals surface area contributed by atoms with Crippen molar-refractivity contribution in [3.8, 4) is 0 Å². The van der Waals surface area contributed by atoms with Gasteiger partial charge in [-0.15, -0.1) is 0 Å². The Hall–Kier alpha value is -1.40. The second kappa shape index (κ2) is 5.54. The summed E-state index contributed by atoms with van der Waals surface area (Å²) in [6.45, 7) is 3.34. The van der Waals surface area contributed by atoms with Crippen molar-refractivity contribution in [3.63, 3.8) is 0 Å². The van der Waals surface area contributed by atoms with Crippen LogP contribution in [0.1, 0.15) is 31.4 Å². The first-order valence-corrected chi connectivity index (χ1v) is 8.16. The number of aliphatic carboxylic acids is 1. The average Bonchev–Trinajstić information content (AvgIpc) is 2.82. The first kappa shape index (κ1) is 15.0. The summed E-state index contributed by atoms with van der Waals surface area (Å²) < 4.78 is 26.8. The molecule has 0 saturated carbocycles. The van der Waals surface area contributed by atoms with Gasteiger partial charge in [0.05, 0.1) is 4.90 Å². The van der Waals surface area contributed by atoms with E-state index in [0.717, 1.165) is 24.8 Å². The number of carboxylic acid groups (broad SMARTS) is 1. The van der Waals surface area contributed by atoms with Gasteiger partial charge in [-0.3, -0.25) is 4.79 Å². The Bertz CT molecular complexity index is 622. The standard InChI is InChI=1S/C14H19NO4S/c1-9(2)13(14(16)17)15-20(18,19)12-7-6-10-4-3-5-11(10)8-12/h6-9,13,15H,3-5H2,1-2H3,(H,16,17). The molecular weight excluding hydrogens is 278 g/mol. The molecule has 110 valence electrons. The number of sulfonamides is 1. The third-order valence-electron chi connectivity index (χ3n) is 3.60. The molecule has 0 amide bonds. The molecule has 2 rings (SSSR count). The zero-order valence-electron chi connectivity index (χ0n) is 11.6. The molecule has 0 heterocycles. The van der Waals surface area contributed by atoms with E-state index in [2.05, 4.69) is 4.72 Å². The molecule has 0 fully saturated rings. The topological polar surface area (TPSA) is 83.5 Å². The Morgan fingerprint density at radius 3 is 2.50 bits per heavy atom. The van der Waals surface area contributed by atoms with Gasteiger partial charge in [-0.25, -0.2) is 8.42 Å².